The van der Waals surface area contributed by atoms with Crippen molar-refractivity contribution in [2.45, 2.75) is 32.6 Å². The number of nitrogens with zero attached hydrogens (tertiary/aromatic N) is 1. The minimum Gasteiger partial charge on any atom is -0.362 e. The standard InChI is InChI=1S/C18H23N3S/c1-2-3-5-15-7-9-17(10-8-15)21-18(22)20-13-11-16-6-4-12-19-14-16/h4,6-10,12,14H,2-3,5,11,13H2,1H3,(H2,20,21,22). The van der Waals surface area contributed by atoms with E-state index >= 15 is 0 Å². The molecule has 22 heavy (non-hydrogen) atoms. The fourth-order valence-electron chi connectivity index (χ4n) is 2.18. The number of benzene rings is 1. The topological polar surface area (TPSA) is 37.0 Å². The van der Waals surface area contributed by atoms with Crippen LogP contribution in [0.25, 0.3) is 0 Å². The average molecular weight is 313 g/mol. The number of hydrogen-bond acceptors (Lipinski definition) is 2. The molecule has 0 saturated carbocycles. The zero-order chi connectivity index (χ0) is 15.6. The fourth-order valence-corrected chi connectivity index (χ4v) is 2.40. The number of anilines is 1. The summed E-state index contributed by atoms with van der Waals surface area (Å²) in [6.07, 6.45) is 8.18. The van der Waals surface area contributed by atoms with Gasteiger partial charge in [0.25, 0.3) is 0 Å². The van der Waals surface area contributed by atoms with E-state index in [0.29, 0.717) is 5.11 Å². The van der Waals surface area contributed by atoms with Gasteiger partial charge < -0.3 is 10.6 Å². The number of pyridine rings is 1. The molecule has 2 N–H and O–H groups in total. The number of thiocarbonyl (C=S) groups is 1. The van der Waals surface area contributed by atoms with Gasteiger partial charge in [0, 0.05) is 24.6 Å². The van der Waals surface area contributed by atoms with Gasteiger partial charge in [0.15, 0.2) is 5.11 Å². The highest BCUT2D eigenvalue weighted by Gasteiger charge is 1.99. The SMILES string of the molecule is CCCCc1ccc(NC(=S)NCCc2cccnc2)cc1. The number of nitrogens with one attached hydrogen (secondary N) is 2. The van der Waals surface area contributed by atoms with Crippen LogP contribution < -0.4 is 10.6 Å². The van der Waals surface area contributed by atoms with Crippen LogP contribution in [0.15, 0.2) is 48.8 Å². The molecule has 0 amide bonds. The van der Waals surface area contributed by atoms with Crippen molar-refractivity contribution >= 4 is 23.0 Å². The first-order chi connectivity index (χ1) is 10.8. The van der Waals surface area contributed by atoms with Gasteiger partial charge in [0.05, 0.1) is 0 Å². The lowest BCUT2D eigenvalue weighted by Crippen LogP contribution is -2.30. The zero-order valence-corrected chi connectivity index (χ0v) is 13.8. The predicted molar refractivity (Wildman–Crippen MR) is 97.2 cm³/mol. The number of rotatable bonds is 7. The van der Waals surface area contributed by atoms with Crippen LogP contribution in [0.3, 0.4) is 0 Å². The Labute approximate surface area is 138 Å². The van der Waals surface area contributed by atoms with Crippen molar-refractivity contribution in [1.29, 1.82) is 0 Å². The molecule has 1 aromatic carbocycles. The first-order valence-corrected chi connectivity index (χ1v) is 8.21. The molecule has 0 aliphatic heterocycles. The van der Waals surface area contributed by atoms with Gasteiger partial charge in [0.1, 0.15) is 0 Å². The summed E-state index contributed by atoms with van der Waals surface area (Å²) in [7, 11) is 0. The van der Waals surface area contributed by atoms with Gasteiger partial charge in [0.2, 0.25) is 0 Å². The molecule has 0 fully saturated rings. The summed E-state index contributed by atoms with van der Waals surface area (Å²) in [5, 5.41) is 7.09. The Kier molecular flexibility index (Phi) is 6.84. The third kappa shape index (κ3) is 5.82. The van der Waals surface area contributed by atoms with Gasteiger partial charge in [-0.1, -0.05) is 31.5 Å². The fraction of sp³-hybridized carbons (Fsp3) is 0.333. The zero-order valence-electron chi connectivity index (χ0n) is 13.0. The summed E-state index contributed by atoms with van der Waals surface area (Å²) in [6, 6.07) is 12.5. The second-order valence-electron chi connectivity index (χ2n) is 5.29. The molecular formula is C18H23N3S. The number of aromatic nitrogens is 1. The van der Waals surface area contributed by atoms with Crippen LogP contribution in [0.2, 0.25) is 0 Å². The lowest BCUT2D eigenvalue weighted by atomic mass is 10.1. The van der Waals surface area contributed by atoms with E-state index in [9.17, 15) is 0 Å². The van der Waals surface area contributed by atoms with Crippen LogP contribution in [0.5, 0.6) is 0 Å². The Bertz CT molecular complexity index is 567. The highest BCUT2D eigenvalue weighted by Crippen LogP contribution is 2.11. The Morgan fingerprint density at radius 3 is 2.59 bits per heavy atom. The van der Waals surface area contributed by atoms with Crippen LogP contribution in [-0.4, -0.2) is 16.6 Å². The smallest absolute Gasteiger partial charge is 0.170 e. The van der Waals surface area contributed by atoms with Gasteiger partial charge >= 0.3 is 0 Å². The van der Waals surface area contributed by atoms with Gasteiger partial charge in [-0.2, -0.15) is 0 Å². The molecule has 0 saturated heterocycles. The maximum atomic E-state index is 5.32. The molecule has 0 aliphatic rings. The van der Waals surface area contributed by atoms with Crippen LogP contribution in [0, 0.1) is 0 Å². The Balaban J connectivity index is 1.72. The maximum Gasteiger partial charge on any atom is 0.170 e. The largest absolute Gasteiger partial charge is 0.362 e. The number of unbranched alkanes of at least 4 members (excludes halogenated alkanes) is 1. The highest BCUT2D eigenvalue weighted by atomic mass is 32.1. The number of hydrogen-bond donors (Lipinski definition) is 2. The second-order valence-corrected chi connectivity index (χ2v) is 5.70. The molecule has 0 atom stereocenters. The molecule has 1 aromatic heterocycles. The minimum absolute atomic E-state index is 0.658. The normalized spacial score (nSPS) is 10.2. The first-order valence-electron chi connectivity index (χ1n) is 7.80. The van der Waals surface area contributed by atoms with Crippen molar-refractivity contribution in [3.05, 3.63) is 59.9 Å². The summed E-state index contributed by atoms with van der Waals surface area (Å²) >= 11 is 5.32. The van der Waals surface area contributed by atoms with Gasteiger partial charge in [-0.15, -0.1) is 0 Å². The van der Waals surface area contributed by atoms with Crippen LogP contribution >= 0.6 is 12.2 Å². The van der Waals surface area contributed by atoms with E-state index in [0.717, 1.165) is 25.1 Å². The van der Waals surface area contributed by atoms with Crippen molar-refractivity contribution in [3.8, 4) is 0 Å². The van der Waals surface area contributed by atoms with Crippen molar-refractivity contribution in [1.82, 2.24) is 10.3 Å². The third-order valence-corrected chi connectivity index (χ3v) is 3.70. The minimum atomic E-state index is 0.658. The summed E-state index contributed by atoms with van der Waals surface area (Å²) in [5.41, 5.74) is 3.61. The van der Waals surface area contributed by atoms with E-state index in [1.807, 2.05) is 12.3 Å². The van der Waals surface area contributed by atoms with Gasteiger partial charge in [-0.05, 0) is 60.8 Å². The van der Waals surface area contributed by atoms with Crippen LogP contribution in [-0.2, 0) is 12.8 Å². The van der Waals surface area contributed by atoms with E-state index in [-0.39, 0.29) is 0 Å². The van der Waals surface area contributed by atoms with E-state index in [1.165, 1.54) is 24.0 Å². The predicted octanol–water partition coefficient (Wildman–Crippen LogP) is 3.95. The van der Waals surface area contributed by atoms with E-state index < -0.39 is 0 Å². The summed E-state index contributed by atoms with van der Waals surface area (Å²) in [5.74, 6) is 0. The molecule has 0 unspecified atom stereocenters. The van der Waals surface area contributed by atoms with Gasteiger partial charge in [-0.25, -0.2) is 0 Å². The Hall–Kier alpha value is -1.94. The maximum absolute atomic E-state index is 5.32. The van der Waals surface area contributed by atoms with Crippen molar-refractivity contribution in [2.75, 3.05) is 11.9 Å². The molecule has 4 heteroatoms. The van der Waals surface area contributed by atoms with Crippen LogP contribution in [0.1, 0.15) is 30.9 Å². The number of aryl methyl sites for hydroxylation is 1. The van der Waals surface area contributed by atoms with E-state index in [1.54, 1.807) is 6.20 Å². The average Bonchev–Trinajstić information content (AvgIpc) is 2.55. The summed E-state index contributed by atoms with van der Waals surface area (Å²) in [6.45, 7) is 3.01. The van der Waals surface area contributed by atoms with Crippen molar-refractivity contribution in [2.24, 2.45) is 0 Å². The summed E-state index contributed by atoms with van der Waals surface area (Å²) in [4.78, 5) is 4.10. The molecule has 0 radical (unpaired) electrons. The molecule has 2 aromatic rings. The molecule has 0 aliphatic carbocycles. The first kappa shape index (κ1) is 16.4. The van der Waals surface area contributed by atoms with E-state index in [4.69, 9.17) is 12.2 Å². The molecule has 0 spiro atoms. The molecule has 116 valence electrons. The van der Waals surface area contributed by atoms with Crippen molar-refractivity contribution < 1.29 is 0 Å². The molecule has 1 heterocycles. The Morgan fingerprint density at radius 1 is 1.09 bits per heavy atom. The Morgan fingerprint density at radius 2 is 1.91 bits per heavy atom. The monoisotopic (exact) mass is 313 g/mol. The molecular weight excluding hydrogens is 290 g/mol. The molecule has 0 bridgehead atoms. The lowest BCUT2D eigenvalue weighted by molar-refractivity contribution is 0.795. The highest BCUT2D eigenvalue weighted by molar-refractivity contribution is 7.80. The third-order valence-electron chi connectivity index (χ3n) is 3.45. The van der Waals surface area contributed by atoms with E-state index in [2.05, 4.69) is 52.9 Å². The lowest BCUT2D eigenvalue weighted by Gasteiger charge is -2.11. The van der Waals surface area contributed by atoms with Crippen molar-refractivity contribution in [3.63, 3.8) is 0 Å². The molecule has 3 nitrogen and oxygen atoms in total. The quantitative estimate of drug-likeness (QED) is 0.759. The second kappa shape index (κ2) is 9.15. The molecule has 2 rings (SSSR count). The van der Waals surface area contributed by atoms with Crippen LogP contribution in [0.4, 0.5) is 5.69 Å². The summed E-state index contributed by atoms with van der Waals surface area (Å²) < 4.78 is 0. The van der Waals surface area contributed by atoms with Gasteiger partial charge in [-0.3, -0.25) is 4.98 Å².